The highest BCUT2D eigenvalue weighted by Gasteiger charge is 2.27. The molecule has 1 aliphatic carbocycles. The number of para-hydroxylation sites is 1. The molecule has 0 radical (unpaired) electrons. The smallest absolute Gasteiger partial charge is 0.0642 e. The summed E-state index contributed by atoms with van der Waals surface area (Å²) in [6.07, 6.45) is 5.59. The molecule has 2 nitrogen and oxygen atoms in total. The summed E-state index contributed by atoms with van der Waals surface area (Å²) in [6, 6.07) is 6.86. The van der Waals surface area contributed by atoms with Gasteiger partial charge in [-0.3, -0.25) is 4.90 Å². The Morgan fingerprint density at radius 3 is 2.40 bits per heavy atom. The van der Waals surface area contributed by atoms with Crippen LogP contribution in [0.25, 0.3) is 0 Å². The van der Waals surface area contributed by atoms with Crippen LogP contribution in [0.15, 0.2) is 18.2 Å². The monoisotopic (exact) mass is 312 g/mol. The number of rotatable bonds is 3. The van der Waals surface area contributed by atoms with Gasteiger partial charge in [-0.2, -0.15) is 0 Å². The van der Waals surface area contributed by atoms with E-state index in [1.54, 1.807) is 0 Å². The second-order valence-corrected chi connectivity index (χ2v) is 6.52. The fourth-order valence-corrected chi connectivity index (χ4v) is 4.13. The third-order valence-electron chi connectivity index (χ3n) is 4.69. The molecule has 0 aromatic heterocycles. The van der Waals surface area contributed by atoms with E-state index in [9.17, 15) is 0 Å². The van der Waals surface area contributed by atoms with Gasteiger partial charge in [0.05, 0.1) is 10.7 Å². The first-order valence-corrected chi connectivity index (χ1v) is 8.53. The number of hydrogen-bond acceptors (Lipinski definition) is 2. The number of alkyl halides is 1. The number of halogens is 2. The summed E-state index contributed by atoms with van der Waals surface area (Å²) in [4.78, 5) is 5.08. The zero-order valence-corrected chi connectivity index (χ0v) is 13.3. The average molecular weight is 313 g/mol. The van der Waals surface area contributed by atoms with Crippen LogP contribution >= 0.6 is 23.2 Å². The Balaban J connectivity index is 1.68. The quantitative estimate of drug-likeness (QED) is 0.774. The molecule has 1 aromatic rings. The van der Waals surface area contributed by atoms with Crippen LogP contribution in [0, 0.1) is 0 Å². The van der Waals surface area contributed by atoms with Crippen molar-refractivity contribution >= 4 is 28.9 Å². The molecule has 1 aliphatic heterocycles. The van der Waals surface area contributed by atoms with E-state index in [4.69, 9.17) is 23.2 Å². The Hall–Kier alpha value is -0.440. The number of piperazine rings is 1. The third-order valence-corrected chi connectivity index (χ3v) is 5.28. The lowest BCUT2D eigenvalue weighted by atomic mass is 10.1. The van der Waals surface area contributed by atoms with Crippen molar-refractivity contribution in [3.63, 3.8) is 0 Å². The number of benzene rings is 1. The molecule has 0 amide bonds. The Kier molecular flexibility index (Phi) is 4.75. The molecule has 0 atom stereocenters. The van der Waals surface area contributed by atoms with E-state index < -0.39 is 0 Å². The fourth-order valence-electron chi connectivity index (χ4n) is 3.60. The summed E-state index contributed by atoms with van der Waals surface area (Å²) in [6.45, 7) is 4.42. The van der Waals surface area contributed by atoms with Crippen molar-refractivity contribution in [3.05, 3.63) is 28.8 Å². The van der Waals surface area contributed by atoms with Crippen LogP contribution in [-0.4, -0.2) is 37.1 Å². The minimum Gasteiger partial charge on any atom is -0.368 e. The molecule has 2 aliphatic rings. The van der Waals surface area contributed by atoms with E-state index in [-0.39, 0.29) is 0 Å². The van der Waals surface area contributed by atoms with Gasteiger partial charge in [0.1, 0.15) is 0 Å². The SMILES string of the molecule is ClCc1cccc(Cl)c1N1CCN(C2CCCC2)CC1. The largest absolute Gasteiger partial charge is 0.368 e. The first-order valence-electron chi connectivity index (χ1n) is 7.62. The number of nitrogens with zero attached hydrogens (tertiary/aromatic N) is 2. The maximum absolute atomic E-state index is 6.39. The summed E-state index contributed by atoms with van der Waals surface area (Å²) in [5.74, 6) is 0.527. The molecule has 0 spiro atoms. The molecule has 2 fully saturated rings. The van der Waals surface area contributed by atoms with Gasteiger partial charge in [0.15, 0.2) is 0 Å². The second-order valence-electron chi connectivity index (χ2n) is 5.84. The minimum atomic E-state index is 0.527. The zero-order valence-electron chi connectivity index (χ0n) is 11.8. The summed E-state index contributed by atoms with van der Waals surface area (Å²) >= 11 is 12.5. The Bertz CT molecular complexity index is 450. The Morgan fingerprint density at radius 2 is 1.75 bits per heavy atom. The normalized spacial score (nSPS) is 21.6. The minimum absolute atomic E-state index is 0.527. The molecule has 0 bridgehead atoms. The topological polar surface area (TPSA) is 6.48 Å². The maximum atomic E-state index is 6.39. The first-order chi connectivity index (χ1) is 9.79. The molecule has 20 heavy (non-hydrogen) atoms. The van der Waals surface area contributed by atoms with Gasteiger partial charge in [-0.15, -0.1) is 11.6 Å². The van der Waals surface area contributed by atoms with Gasteiger partial charge in [0.25, 0.3) is 0 Å². The van der Waals surface area contributed by atoms with E-state index in [0.717, 1.165) is 48.5 Å². The summed E-state index contributed by atoms with van der Waals surface area (Å²) in [7, 11) is 0. The summed E-state index contributed by atoms with van der Waals surface area (Å²) < 4.78 is 0. The lowest BCUT2D eigenvalue weighted by molar-refractivity contribution is 0.187. The van der Waals surface area contributed by atoms with Gasteiger partial charge < -0.3 is 4.90 Å². The predicted octanol–water partition coefficient (Wildman–Crippen LogP) is 4.14. The van der Waals surface area contributed by atoms with Crippen molar-refractivity contribution in [2.75, 3.05) is 31.1 Å². The molecule has 1 aromatic carbocycles. The van der Waals surface area contributed by atoms with E-state index in [1.165, 1.54) is 25.7 Å². The van der Waals surface area contributed by atoms with Crippen LogP contribution < -0.4 is 4.90 Å². The molecule has 0 unspecified atom stereocenters. The lowest BCUT2D eigenvalue weighted by Crippen LogP contribution is -2.50. The predicted molar refractivity (Wildman–Crippen MR) is 87.1 cm³/mol. The first kappa shape index (κ1) is 14.5. The van der Waals surface area contributed by atoms with Crippen LogP contribution in [-0.2, 0) is 5.88 Å². The summed E-state index contributed by atoms with van der Waals surface area (Å²) in [5.41, 5.74) is 2.30. The van der Waals surface area contributed by atoms with Crippen molar-refractivity contribution in [2.45, 2.75) is 37.6 Å². The third kappa shape index (κ3) is 2.93. The van der Waals surface area contributed by atoms with Crippen LogP contribution in [0.2, 0.25) is 5.02 Å². The maximum Gasteiger partial charge on any atom is 0.0642 e. The highest BCUT2D eigenvalue weighted by Crippen LogP contribution is 2.32. The van der Waals surface area contributed by atoms with E-state index >= 15 is 0 Å². The standard InChI is InChI=1S/C16H22Cl2N2/c17-12-13-4-3-7-15(18)16(13)20-10-8-19(9-11-20)14-5-1-2-6-14/h3-4,7,14H,1-2,5-6,8-12H2. The van der Waals surface area contributed by atoms with Gasteiger partial charge in [0, 0.05) is 38.1 Å². The van der Waals surface area contributed by atoms with Crippen molar-refractivity contribution in [1.29, 1.82) is 0 Å². The van der Waals surface area contributed by atoms with Gasteiger partial charge in [-0.1, -0.05) is 36.6 Å². The molecule has 4 heteroatoms. The average Bonchev–Trinajstić information content (AvgIpc) is 3.01. The summed E-state index contributed by atoms with van der Waals surface area (Å²) in [5, 5.41) is 0.831. The molecule has 110 valence electrons. The van der Waals surface area contributed by atoms with E-state index in [2.05, 4.69) is 15.9 Å². The van der Waals surface area contributed by atoms with Crippen molar-refractivity contribution in [1.82, 2.24) is 4.90 Å². The van der Waals surface area contributed by atoms with Crippen LogP contribution in [0.5, 0.6) is 0 Å². The van der Waals surface area contributed by atoms with Gasteiger partial charge in [0.2, 0.25) is 0 Å². The van der Waals surface area contributed by atoms with Crippen LogP contribution in [0.3, 0.4) is 0 Å². The van der Waals surface area contributed by atoms with Crippen molar-refractivity contribution in [2.24, 2.45) is 0 Å². The zero-order chi connectivity index (χ0) is 13.9. The van der Waals surface area contributed by atoms with E-state index in [1.807, 2.05) is 12.1 Å². The molecule has 0 N–H and O–H groups in total. The molecular weight excluding hydrogens is 291 g/mol. The van der Waals surface area contributed by atoms with Crippen LogP contribution in [0.1, 0.15) is 31.2 Å². The molecule has 1 saturated carbocycles. The van der Waals surface area contributed by atoms with Crippen LogP contribution in [0.4, 0.5) is 5.69 Å². The molecule has 3 rings (SSSR count). The molecular formula is C16H22Cl2N2. The molecule has 1 heterocycles. The Labute approximate surface area is 131 Å². The van der Waals surface area contributed by atoms with Crippen molar-refractivity contribution in [3.8, 4) is 0 Å². The highest BCUT2D eigenvalue weighted by atomic mass is 35.5. The van der Waals surface area contributed by atoms with Gasteiger partial charge >= 0.3 is 0 Å². The second kappa shape index (κ2) is 6.55. The highest BCUT2D eigenvalue weighted by molar-refractivity contribution is 6.33. The van der Waals surface area contributed by atoms with E-state index in [0.29, 0.717) is 5.88 Å². The van der Waals surface area contributed by atoms with Gasteiger partial charge in [-0.25, -0.2) is 0 Å². The fraction of sp³-hybridized carbons (Fsp3) is 0.625. The van der Waals surface area contributed by atoms with Gasteiger partial charge in [-0.05, 0) is 24.5 Å². The Morgan fingerprint density at radius 1 is 1.05 bits per heavy atom. The van der Waals surface area contributed by atoms with Crippen molar-refractivity contribution < 1.29 is 0 Å². The molecule has 1 saturated heterocycles. The number of anilines is 1. The number of hydrogen-bond donors (Lipinski definition) is 0. The lowest BCUT2D eigenvalue weighted by Gasteiger charge is -2.40.